The second-order valence-electron chi connectivity index (χ2n) is 8.49. The van der Waals surface area contributed by atoms with E-state index in [-0.39, 0.29) is 5.75 Å². The van der Waals surface area contributed by atoms with Crippen LogP contribution in [0.5, 0.6) is 5.75 Å². The molecule has 0 atom stereocenters. The molecule has 1 rings (SSSR count). The van der Waals surface area contributed by atoms with Crippen molar-refractivity contribution in [3.8, 4) is 5.75 Å². The number of benzene rings is 1. The van der Waals surface area contributed by atoms with Gasteiger partial charge in [0.25, 0.3) is 0 Å². The van der Waals surface area contributed by atoms with Crippen molar-refractivity contribution >= 4 is 23.5 Å². The quantitative estimate of drug-likeness (QED) is 0.0892. The van der Waals surface area contributed by atoms with Crippen LogP contribution < -0.4 is 10.7 Å². The zero-order valence-corrected chi connectivity index (χ0v) is 20.5. The third-order valence-corrected chi connectivity index (χ3v) is 5.86. The number of hydrogen-bond acceptors (Lipinski definition) is 3. The number of rotatable bonds is 19. The number of phenols is 1. The van der Waals surface area contributed by atoms with E-state index in [1.165, 1.54) is 96.3 Å². The zero-order valence-electron chi connectivity index (χ0n) is 19.7. The molecule has 1 aromatic rings. The summed E-state index contributed by atoms with van der Waals surface area (Å²) in [6.45, 7) is 3.15. The number of unbranched alkanes of at least 4 members (excludes halogenated alkanes) is 15. The van der Waals surface area contributed by atoms with E-state index in [4.69, 9.17) is 12.2 Å². The molecule has 0 saturated carbocycles. The Bertz CT molecular complexity index is 592. The highest BCUT2D eigenvalue weighted by molar-refractivity contribution is 7.80. The van der Waals surface area contributed by atoms with Gasteiger partial charge in [-0.25, -0.2) is 0 Å². The van der Waals surface area contributed by atoms with Gasteiger partial charge >= 0.3 is 0 Å². The average molecular weight is 448 g/mol. The predicted octanol–water partition coefficient (Wildman–Crippen LogP) is 7.45. The fourth-order valence-electron chi connectivity index (χ4n) is 3.67. The molecule has 176 valence electrons. The molecule has 4 nitrogen and oxygen atoms in total. The highest BCUT2D eigenvalue weighted by Crippen LogP contribution is 2.14. The van der Waals surface area contributed by atoms with Gasteiger partial charge < -0.3 is 10.4 Å². The Labute approximate surface area is 196 Å². The molecule has 0 aliphatic heterocycles. The summed E-state index contributed by atoms with van der Waals surface area (Å²) in [6, 6.07) is 7.07. The van der Waals surface area contributed by atoms with Crippen molar-refractivity contribution in [2.75, 3.05) is 6.54 Å². The van der Waals surface area contributed by atoms with E-state index in [2.05, 4.69) is 22.8 Å². The maximum Gasteiger partial charge on any atom is 0.186 e. The normalized spacial score (nSPS) is 11.1. The van der Waals surface area contributed by atoms with Crippen LogP contribution in [-0.2, 0) is 0 Å². The second-order valence-corrected chi connectivity index (χ2v) is 8.90. The minimum Gasteiger partial charge on any atom is -0.507 e. The average Bonchev–Trinajstić information content (AvgIpc) is 2.77. The lowest BCUT2D eigenvalue weighted by Gasteiger charge is -2.07. The van der Waals surface area contributed by atoms with Crippen LogP contribution in [0.15, 0.2) is 29.4 Å². The van der Waals surface area contributed by atoms with E-state index in [9.17, 15) is 5.11 Å². The summed E-state index contributed by atoms with van der Waals surface area (Å²) in [5, 5.41) is 17.4. The first kappa shape index (κ1) is 27.4. The summed E-state index contributed by atoms with van der Waals surface area (Å²) >= 11 is 5.21. The highest BCUT2D eigenvalue weighted by atomic mass is 32.1. The third kappa shape index (κ3) is 16.7. The largest absolute Gasteiger partial charge is 0.507 e. The van der Waals surface area contributed by atoms with Crippen LogP contribution in [0, 0.1) is 0 Å². The number of nitrogens with zero attached hydrogens (tertiary/aromatic N) is 1. The predicted molar refractivity (Wildman–Crippen MR) is 139 cm³/mol. The van der Waals surface area contributed by atoms with Crippen molar-refractivity contribution in [3.63, 3.8) is 0 Å². The maximum atomic E-state index is 9.67. The van der Waals surface area contributed by atoms with Crippen molar-refractivity contribution in [2.24, 2.45) is 5.10 Å². The van der Waals surface area contributed by atoms with Gasteiger partial charge in [0, 0.05) is 12.1 Å². The molecule has 0 radical (unpaired) electrons. The van der Waals surface area contributed by atoms with E-state index in [0.717, 1.165) is 13.0 Å². The van der Waals surface area contributed by atoms with Crippen LogP contribution in [0.3, 0.4) is 0 Å². The minimum absolute atomic E-state index is 0.208. The summed E-state index contributed by atoms with van der Waals surface area (Å²) < 4.78 is 0. The lowest BCUT2D eigenvalue weighted by Crippen LogP contribution is -2.32. The summed E-state index contributed by atoms with van der Waals surface area (Å²) in [5.41, 5.74) is 3.45. The van der Waals surface area contributed by atoms with E-state index in [1.807, 2.05) is 6.07 Å². The first-order valence-electron chi connectivity index (χ1n) is 12.6. The number of aromatic hydroxyl groups is 1. The molecule has 0 aliphatic carbocycles. The molecule has 3 N–H and O–H groups in total. The Balaban J connectivity index is 1.81. The Hall–Kier alpha value is -1.62. The Kier molecular flexibility index (Phi) is 17.9. The first-order valence-corrected chi connectivity index (χ1v) is 13.0. The van der Waals surface area contributed by atoms with Crippen LogP contribution in [0.4, 0.5) is 0 Å². The molecule has 0 saturated heterocycles. The van der Waals surface area contributed by atoms with Gasteiger partial charge in [-0.2, -0.15) is 5.10 Å². The molecule has 0 fully saturated rings. The fraction of sp³-hybridized carbons (Fsp3) is 0.692. The van der Waals surface area contributed by atoms with Crippen molar-refractivity contribution in [3.05, 3.63) is 29.8 Å². The van der Waals surface area contributed by atoms with E-state index in [0.29, 0.717) is 10.7 Å². The van der Waals surface area contributed by atoms with Crippen LogP contribution in [-0.4, -0.2) is 23.0 Å². The number of phenolic OH excluding ortho intramolecular Hbond substituents is 1. The van der Waals surface area contributed by atoms with Crippen molar-refractivity contribution in [2.45, 2.75) is 110 Å². The topological polar surface area (TPSA) is 56.7 Å². The van der Waals surface area contributed by atoms with Crippen molar-refractivity contribution in [1.29, 1.82) is 0 Å². The zero-order chi connectivity index (χ0) is 22.4. The number of hydrazone groups is 1. The number of hydrogen-bond donors (Lipinski definition) is 3. The summed E-state index contributed by atoms with van der Waals surface area (Å²) in [6.07, 6.45) is 23.6. The molecule has 0 bridgehead atoms. The van der Waals surface area contributed by atoms with Gasteiger partial charge in [-0.05, 0) is 30.8 Å². The van der Waals surface area contributed by atoms with Gasteiger partial charge in [0.15, 0.2) is 5.11 Å². The van der Waals surface area contributed by atoms with E-state index in [1.54, 1.807) is 24.4 Å². The molecule has 1 aromatic carbocycles. The molecule has 0 aliphatic rings. The Morgan fingerprint density at radius 2 is 1.29 bits per heavy atom. The highest BCUT2D eigenvalue weighted by Gasteiger charge is 1.97. The summed E-state index contributed by atoms with van der Waals surface area (Å²) in [7, 11) is 0. The SMILES string of the molecule is CCCCCCCCCCCCCCCCCCNC(=S)NN=Cc1ccccc1O. The molecule has 0 aromatic heterocycles. The summed E-state index contributed by atoms with van der Waals surface area (Å²) in [5.74, 6) is 0.208. The Morgan fingerprint density at radius 1 is 0.806 bits per heavy atom. The number of nitrogens with one attached hydrogen (secondary N) is 2. The van der Waals surface area contributed by atoms with Crippen LogP contribution in [0.25, 0.3) is 0 Å². The van der Waals surface area contributed by atoms with Crippen LogP contribution >= 0.6 is 12.2 Å². The molecule has 31 heavy (non-hydrogen) atoms. The third-order valence-electron chi connectivity index (χ3n) is 5.62. The van der Waals surface area contributed by atoms with E-state index >= 15 is 0 Å². The molecular formula is C26H45N3OS. The molecule has 0 amide bonds. The fourth-order valence-corrected chi connectivity index (χ4v) is 3.83. The second kappa shape index (κ2) is 20.3. The number of thiocarbonyl (C=S) groups is 1. The number of para-hydroxylation sites is 1. The van der Waals surface area contributed by atoms with Crippen molar-refractivity contribution < 1.29 is 5.11 Å². The summed E-state index contributed by atoms with van der Waals surface area (Å²) in [4.78, 5) is 0. The standard InChI is InChI=1S/C26H45N3OS/c1-2-3-4-5-6-7-8-9-10-11-12-13-14-15-16-19-22-27-26(31)29-28-23-24-20-17-18-21-25(24)30/h17-18,20-21,23,30H,2-16,19,22H2,1H3,(H2,27,29,31). The van der Waals surface area contributed by atoms with Crippen LogP contribution in [0.1, 0.15) is 115 Å². The Morgan fingerprint density at radius 3 is 1.81 bits per heavy atom. The van der Waals surface area contributed by atoms with Gasteiger partial charge in [0.05, 0.1) is 6.21 Å². The van der Waals surface area contributed by atoms with E-state index < -0.39 is 0 Å². The van der Waals surface area contributed by atoms with Crippen LogP contribution in [0.2, 0.25) is 0 Å². The van der Waals surface area contributed by atoms with Gasteiger partial charge in [-0.15, -0.1) is 0 Å². The molecular weight excluding hydrogens is 402 g/mol. The maximum absolute atomic E-state index is 9.67. The smallest absolute Gasteiger partial charge is 0.186 e. The monoisotopic (exact) mass is 447 g/mol. The van der Waals surface area contributed by atoms with Gasteiger partial charge in [0.1, 0.15) is 5.75 Å². The first-order chi connectivity index (χ1) is 15.2. The van der Waals surface area contributed by atoms with Gasteiger partial charge in [0.2, 0.25) is 0 Å². The lowest BCUT2D eigenvalue weighted by molar-refractivity contribution is 0.474. The van der Waals surface area contributed by atoms with Crippen molar-refractivity contribution in [1.82, 2.24) is 10.7 Å². The molecule has 0 unspecified atom stereocenters. The molecule has 5 heteroatoms. The minimum atomic E-state index is 0.208. The molecule has 0 heterocycles. The molecule has 0 spiro atoms. The van der Waals surface area contributed by atoms with Gasteiger partial charge in [-0.1, -0.05) is 115 Å². The van der Waals surface area contributed by atoms with Gasteiger partial charge in [-0.3, -0.25) is 5.43 Å². The lowest BCUT2D eigenvalue weighted by atomic mass is 10.0.